The lowest BCUT2D eigenvalue weighted by Gasteiger charge is -2.29. The molecule has 1 aromatic rings. The van der Waals surface area contributed by atoms with Crippen molar-refractivity contribution in [1.29, 1.82) is 0 Å². The van der Waals surface area contributed by atoms with Gasteiger partial charge in [0.05, 0.1) is 6.21 Å². The number of H-pyrrole nitrogens is 1. The summed E-state index contributed by atoms with van der Waals surface area (Å²) in [5.41, 5.74) is 0.602. The van der Waals surface area contributed by atoms with Gasteiger partial charge in [-0.1, -0.05) is 0 Å². The number of carbonyl (C=O) groups excluding carboxylic acids is 5. The molecular formula is C19H24N4O11. The van der Waals surface area contributed by atoms with Crippen LogP contribution in [0.3, 0.4) is 0 Å². The largest absolute Gasteiger partial charge is 0.462 e. The summed E-state index contributed by atoms with van der Waals surface area (Å²) >= 11 is 0. The summed E-state index contributed by atoms with van der Waals surface area (Å²) in [6, 6.07) is 1.04. The smallest absolute Gasteiger partial charge is 0.328 e. The van der Waals surface area contributed by atoms with Gasteiger partial charge in [-0.2, -0.15) is 5.10 Å². The molecule has 0 saturated carbocycles. The van der Waals surface area contributed by atoms with Gasteiger partial charge in [0.1, 0.15) is 13.2 Å². The molecular weight excluding hydrogens is 460 g/mol. The summed E-state index contributed by atoms with van der Waals surface area (Å²) in [4.78, 5) is 82.7. The van der Waals surface area contributed by atoms with Gasteiger partial charge in [0.25, 0.3) is 11.5 Å². The van der Waals surface area contributed by atoms with Crippen LogP contribution in [0.2, 0.25) is 0 Å². The number of esters is 4. The first-order valence-corrected chi connectivity index (χ1v) is 9.65. The lowest BCUT2D eigenvalue weighted by molar-refractivity contribution is -0.183. The molecule has 0 fully saturated rings. The summed E-state index contributed by atoms with van der Waals surface area (Å²) in [7, 11) is 0. The van der Waals surface area contributed by atoms with Crippen molar-refractivity contribution in [3.8, 4) is 0 Å². The number of aromatic amines is 1. The number of ether oxygens (including phenoxy) is 4. The van der Waals surface area contributed by atoms with E-state index in [9.17, 15) is 33.6 Å². The van der Waals surface area contributed by atoms with Crippen LogP contribution >= 0.6 is 0 Å². The first-order chi connectivity index (χ1) is 15.9. The summed E-state index contributed by atoms with van der Waals surface area (Å²) in [5.74, 6) is -4.02. The Labute approximate surface area is 192 Å². The van der Waals surface area contributed by atoms with E-state index in [0.717, 1.165) is 50.7 Å². The molecule has 0 spiro atoms. The topological polar surface area (TPSA) is 202 Å². The molecule has 1 amide bonds. The summed E-state index contributed by atoms with van der Waals surface area (Å²) < 4.78 is 21.0. The molecule has 1 rings (SSSR count). The van der Waals surface area contributed by atoms with Crippen molar-refractivity contribution in [3.63, 3.8) is 0 Å². The van der Waals surface area contributed by atoms with Crippen LogP contribution in [0.4, 0.5) is 0 Å². The van der Waals surface area contributed by atoms with Crippen LogP contribution in [0, 0.1) is 0 Å². The Hall–Kier alpha value is -4.30. The van der Waals surface area contributed by atoms with Crippen LogP contribution in [0.15, 0.2) is 27.0 Å². The molecule has 0 bridgehead atoms. The number of hydrazone groups is 1. The highest BCUT2D eigenvalue weighted by Gasteiger charge is 2.37. The zero-order chi connectivity index (χ0) is 25.8. The quantitative estimate of drug-likeness (QED) is 0.152. The second kappa shape index (κ2) is 13.3. The minimum atomic E-state index is -1.51. The molecule has 0 saturated heterocycles. The fourth-order valence-corrected chi connectivity index (χ4v) is 2.47. The average Bonchev–Trinajstić information content (AvgIpc) is 2.70. The van der Waals surface area contributed by atoms with Crippen LogP contribution in [-0.2, 0) is 49.5 Å². The summed E-state index contributed by atoms with van der Waals surface area (Å²) in [5, 5.41) is 3.62. The zero-order valence-corrected chi connectivity index (χ0v) is 18.8. The van der Waals surface area contributed by atoms with Gasteiger partial charge in [-0.05, 0) is 0 Å². The van der Waals surface area contributed by atoms with Crippen molar-refractivity contribution in [3.05, 3.63) is 33.1 Å². The Morgan fingerprint density at radius 1 is 1.00 bits per heavy atom. The third-order valence-electron chi connectivity index (χ3n) is 3.68. The number of aromatic nitrogens is 2. The molecule has 0 aliphatic rings. The molecule has 15 heteroatoms. The molecule has 0 radical (unpaired) electrons. The van der Waals surface area contributed by atoms with Crippen molar-refractivity contribution < 1.29 is 42.9 Å². The Morgan fingerprint density at radius 2 is 1.62 bits per heavy atom. The van der Waals surface area contributed by atoms with Gasteiger partial charge in [0.2, 0.25) is 0 Å². The van der Waals surface area contributed by atoms with E-state index in [1.165, 1.54) is 0 Å². The van der Waals surface area contributed by atoms with E-state index < -0.39 is 72.5 Å². The van der Waals surface area contributed by atoms with Crippen LogP contribution < -0.4 is 16.7 Å². The molecule has 34 heavy (non-hydrogen) atoms. The van der Waals surface area contributed by atoms with E-state index in [-0.39, 0.29) is 0 Å². The molecule has 15 nitrogen and oxygen atoms in total. The van der Waals surface area contributed by atoms with Gasteiger partial charge in [0.15, 0.2) is 18.3 Å². The third-order valence-corrected chi connectivity index (χ3v) is 3.68. The second-order valence-electron chi connectivity index (χ2n) is 6.65. The third kappa shape index (κ3) is 10.3. The number of nitrogens with one attached hydrogen (secondary N) is 2. The monoisotopic (exact) mass is 484 g/mol. The second-order valence-corrected chi connectivity index (χ2v) is 6.65. The molecule has 0 aromatic carbocycles. The number of hydrogen-bond donors (Lipinski definition) is 2. The Balaban J connectivity index is 3.10. The molecule has 0 unspecified atom stereocenters. The van der Waals surface area contributed by atoms with Gasteiger partial charge in [-0.15, -0.1) is 0 Å². The van der Waals surface area contributed by atoms with E-state index >= 15 is 0 Å². The Morgan fingerprint density at radius 3 is 2.15 bits per heavy atom. The highest BCUT2D eigenvalue weighted by atomic mass is 16.6. The molecule has 1 heterocycles. The van der Waals surface area contributed by atoms with E-state index in [1.54, 1.807) is 0 Å². The first-order valence-electron chi connectivity index (χ1n) is 9.65. The number of amides is 1. The van der Waals surface area contributed by atoms with Crippen LogP contribution in [0.5, 0.6) is 0 Å². The highest BCUT2D eigenvalue weighted by molar-refractivity contribution is 5.78. The van der Waals surface area contributed by atoms with E-state index in [1.807, 2.05) is 4.98 Å². The van der Waals surface area contributed by atoms with Gasteiger partial charge >= 0.3 is 29.6 Å². The fraction of sp³-hybridized carbons (Fsp3) is 0.474. The lowest BCUT2D eigenvalue weighted by atomic mass is 10.1. The predicted octanol–water partition coefficient (Wildman–Crippen LogP) is -2.00. The average molecular weight is 484 g/mol. The van der Waals surface area contributed by atoms with E-state index in [2.05, 4.69) is 10.5 Å². The Bertz CT molecular complexity index is 1060. The SMILES string of the molecule is CC(=O)OC[C@@H](OC(C)=O)[C@H](OC(C)=O)[C@H](/C=N/NC(=O)Cn1ccc(=O)[nH]c1=O)OC(C)=O. The van der Waals surface area contributed by atoms with Crippen molar-refractivity contribution in [2.75, 3.05) is 6.61 Å². The van der Waals surface area contributed by atoms with Gasteiger partial charge < -0.3 is 18.9 Å². The summed E-state index contributed by atoms with van der Waals surface area (Å²) in [6.07, 6.45) is -2.41. The van der Waals surface area contributed by atoms with Gasteiger partial charge in [-0.3, -0.25) is 38.3 Å². The van der Waals surface area contributed by atoms with E-state index in [0.29, 0.717) is 0 Å². The van der Waals surface area contributed by atoms with Crippen LogP contribution in [0.1, 0.15) is 27.7 Å². The highest BCUT2D eigenvalue weighted by Crippen LogP contribution is 2.14. The molecule has 3 atom stereocenters. The number of nitrogens with zero attached hydrogens (tertiary/aromatic N) is 2. The first kappa shape index (κ1) is 27.7. The van der Waals surface area contributed by atoms with E-state index in [4.69, 9.17) is 18.9 Å². The van der Waals surface area contributed by atoms with Crippen molar-refractivity contribution in [1.82, 2.24) is 15.0 Å². The Kier molecular flexibility index (Phi) is 10.8. The minimum Gasteiger partial charge on any atom is -0.462 e. The maximum absolute atomic E-state index is 12.1. The molecule has 2 N–H and O–H groups in total. The van der Waals surface area contributed by atoms with Crippen molar-refractivity contribution in [2.24, 2.45) is 5.10 Å². The summed E-state index contributed by atoms with van der Waals surface area (Å²) in [6.45, 7) is 3.18. The van der Waals surface area contributed by atoms with Crippen molar-refractivity contribution >= 4 is 36.0 Å². The molecule has 0 aliphatic heterocycles. The number of carbonyl (C=O) groups is 5. The van der Waals surface area contributed by atoms with Crippen LogP contribution in [-0.4, -0.2) is 70.5 Å². The van der Waals surface area contributed by atoms with Gasteiger partial charge in [-0.25, -0.2) is 10.2 Å². The minimum absolute atomic E-state index is 0.513. The van der Waals surface area contributed by atoms with Gasteiger partial charge in [0, 0.05) is 40.0 Å². The number of hydrogen-bond acceptors (Lipinski definition) is 12. The molecule has 186 valence electrons. The standard InChI is InChI=1S/C19H24N4O11/c1-10(24)31-9-15(33-12(3)26)18(34-13(4)27)14(32-11(2)25)7-20-22-17(29)8-23-6-5-16(28)21-19(23)30/h5-7,14-15,18H,8-9H2,1-4H3,(H,22,29)(H,21,28,30)/b20-7+/t14-,15+,18+/m0/s1. The lowest BCUT2D eigenvalue weighted by Crippen LogP contribution is -2.48. The zero-order valence-electron chi connectivity index (χ0n) is 18.8. The molecule has 1 aromatic heterocycles. The van der Waals surface area contributed by atoms with Crippen molar-refractivity contribution in [2.45, 2.75) is 52.6 Å². The maximum atomic E-state index is 12.1. The normalized spacial score (nSPS) is 13.3. The maximum Gasteiger partial charge on any atom is 0.328 e. The predicted molar refractivity (Wildman–Crippen MR) is 111 cm³/mol. The fourth-order valence-electron chi connectivity index (χ4n) is 2.47. The van der Waals surface area contributed by atoms with Crippen LogP contribution in [0.25, 0.3) is 0 Å². The molecule has 0 aliphatic carbocycles. The number of rotatable bonds is 11.